The van der Waals surface area contributed by atoms with E-state index in [-0.39, 0.29) is 53.4 Å². The molecule has 3 N–H and O–H groups in total. The van der Waals surface area contributed by atoms with Crippen molar-refractivity contribution < 1.29 is 13.6 Å². The molecular formula is C20H30F2IN5O. The topological polar surface area (TPSA) is 68.8 Å². The molecule has 0 bridgehead atoms. The van der Waals surface area contributed by atoms with Crippen LogP contribution in [-0.4, -0.2) is 62.1 Å². The van der Waals surface area contributed by atoms with Gasteiger partial charge in [-0.3, -0.25) is 14.7 Å². The molecule has 2 aliphatic rings. The SMILES string of the molecule is CCN=C(NC1CCN(CC(=O)NC)CC1)NC1CC1c1c(F)cccc1F.I. The summed E-state index contributed by atoms with van der Waals surface area (Å²) in [5.41, 5.74) is 0.165. The highest BCUT2D eigenvalue weighted by atomic mass is 127. The van der Waals surface area contributed by atoms with E-state index in [1.165, 1.54) is 18.2 Å². The minimum absolute atomic E-state index is 0. The van der Waals surface area contributed by atoms with Gasteiger partial charge in [-0.15, -0.1) is 24.0 Å². The molecule has 29 heavy (non-hydrogen) atoms. The number of amides is 1. The molecule has 1 aliphatic heterocycles. The molecule has 2 atom stereocenters. The summed E-state index contributed by atoms with van der Waals surface area (Å²) < 4.78 is 28.0. The Balaban J connectivity index is 0.00000300. The summed E-state index contributed by atoms with van der Waals surface area (Å²) >= 11 is 0. The molecule has 0 radical (unpaired) electrons. The van der Waals surface area contributed by atoms with Crippen LogP contribution in [0.15, 0.2) is 23.2 Å². The largest absolute Gasteiger partial charge is 0.358 e. The maximum Gasteiger partial charge on any atom is 0.233 e. The van der Waals surface area contributed by atoms with Gasteiger partial charge in [-0.05, 0) is 38.3 Å². The van der Waals surface area contributed by atoms with E-state index >= 15 is 0 Å². The second kappa shape index (κ2) is 11.1. The van der Waals surface area contributed by atoms with Crippen LogP contribution in [0.25, 0.3) is 0 Å². The Labute approximate surface area is 187 Å². The minimum Gasteiger partial charge on any atom is -0.358 e. The zero-order valence-corrected chi connectivity index (χ0v) is 19.2. The number of benzene rings is 1. The number of piperidine rings is 1. The molecule has 1 aliphatic carbocycles. The Hall–Kier alpha value is -1.49. The number of guanidine groups is 1. The van der Waals surface area contributed by atoms with E-state index in [2.05, 4.69) is 25.8 Å². The fraction of sp³-hybridized carbons (Fsp3) is 0.600. The van der Waals surface area contributed by atoms with Crippen LogP contribution in [0.5, 0.6) is 0 Å². The van der Waals surface area contributed by atoms with Gasteiger partial charge >= 0.3 is 0 Å². The highest BCUT2D eigenvalue weighted by Gasteiger charge is 2.42. The maximum atomic E-state index is 14.0. The second-order valence-corrected chi connectivity index (χ2v) is 7.42. The number of nitrogens with one attached hydrogen (secondary N) is 3. The molecule has 1 aromatic rings. The van der Waals surface area contributed by atoms with Crippen molar-refractivity contribution in [2.24, 2.45) is 4.99 Å². The molecule has 6 nitrogen and oxygen atoms in total. The van der Waals surface area contributed by atoms with Gasteiger partial charge in [-0.25, -0.2) is 8.78 Å². The Morgan fingerprint density at radius 1 is 1.21 bits per heavy atom. The van der Waals surface area contributed by atoms with Crippen molar-refractivity contribution in [3.05, 3.63) is 35.4 Å². The van der Waals surface area contributed by atoms with Gasteiger partial charge in [-0.2, -0.15) is 0 Å². The van der Waals surface area contributed by atoms with Crippen molar-refractivity contribution in [1.82, 2.24) is 20.9 Å². The van der Waals surface area contributed by atoms with Gasteiger partial charge in [0.15, 0.2) is 5.96 Å². The fourth-order valence-electron chi connectivity index (χ4n) is 3.72. The third-order valence-electron chi connectivity index (χ3n) is 5.37. The molecular weight excluding hydrogens is 491 g/mol. The number of carbonyl (C=O) groups is 1. The normalized spacial score (nSPS) is 22.6. The van der Waals surface area contributed by atoms with Crippen molar-refractivity contribution in [3.8, 4) is 0 Å². The number of hydrogen-bond donors (Lipinski definition) is 3. The first kappa shape index (κ1) is 23.8. The summed E-state index contributed by atoms with van der Waals surface area (Å²) in [4.78, 5) is 18.1. The molecule has 0 aromatic heterocycles. The molecule has 2 unspecified atom stereocenters. The Bertz CT molecular complexity index is 705. The Kier molecular flexibility index (Phi) is 9.06. The van der Waals surface area contributed by atoms with Gasteiger partial charge in [0.05, 0.1) is 6.54 Å². The van der Waals surface area contributed by atoms with Crippen LogP contribution in [0, 0.1) is 11.6 Å². The lowest BCUT2D eigenvalue weighted by Crippen LogP contribution is -2.50. The van der Waals surface area contributed by atoms with Crippen LogP contribution in [0.4, 0.5) is 8.78 Å². The summed E-state index contributed by atoms with van der Waals surface area (Å²) in [6.45, 7) is 4.69. The highest BCUT2D eigenvalue weighted by molar-refractivity contribution is 14.0. The van der Waals surface area contributed by atoms with Gasteiger partial charge in [0, 0.05) is 50.2 Å². The number of likely N-dealkylation sites (N-methyl/N-ethyl adjacent to an activating group) is 1. The van der Waals surface area contributed by atoms with E-state index in [9.17, 15) is 13.6 Å². The Morgan fingerprint density at radius 3 is 2.45 bits per heavy atom. The number of carbonyl (C=O) groups excluding carboxylic acids is 1. The lowest BCUT2D eigenvalue weighted by molar-refractivity contribution is -0.122. The van der Waals surface area contributed by atoms with Gasteiger partial charge in [-0.1, -0.05) is 6.07 Å². The molecule has 2 fully saturated rings. The number of hydrogen-bond acceptors (Lipinski definition) is 3. The van der Waals surface area contributed by atoms with Crippen molar-refractivity contribution in [3.63, 3.8) is 0 Å². The predicted octanol–water partition coefficient (Wildman–Crippen LogP) is 2.20. The summed E-state index contributed by atoms with van der Waals surface area (Å²) in [6.07, 6.45) is 2.52. The summed E-state index contributed by atoms with van der Waals surface area (Å²) in [7, 11) is 1.65. The zero-order chi connectivity index (χ0) is 20.1. The number of halogens is 3. The maximum absolute atomic E-state index is 14.0. The molecule has 3 rings (SSSR count). The van der Waals surface area contributed by atoms with Crippen LogP contribution in [0.3, 0.4) is 0 Å². The number of aliphatic imine (C=N–C) groups is 1. The van der Waals surface area contributed by atoms with Crippen LogP contribution in [0.1, 0.15) is 37.7 Å². The molecule has 9 heteroatoms. The van der Waals surface area contributed by atoms with Crippen molar-refractivity contribution >= 4 is 35.8 Å². The van der Waals surface area contributed by atoms with E-state index in [4.69, 9.17) is 0 Å². The molecule has 1 saturated heterocycles. The van der Waals surface area contributed by atoms with E-state index in [0.717, 1.165) is 25.9 Å². The minimum atomic E-state index is -0.486. The fourth-order valence-corrected chi connectivity index (χ4v) is 3.72. The molecule has 1 heterocycles. The van der Waals surface area contributed by atoms with Gasteiger partial charge in [0.25, 0.3) is 0 Å². The standard InChI is InChI=1S/C20H29F2N5O.HI/c1-3-24-20(25-13-7-9-27(10-8-13)12-18(28)23-2)26-17-11-14(17)19-15(21)5-4-6-16(19)22;/h4-6,13-14,17H,3,7-12H2,1-2H3,(H,23,28)(H2,24,25,26);1H. The van der Waals surface area contributed by atoms with Crippen molar-refractivity contribution in [1.29, 1.82) is 0 Å². The van der Waals surface area contributed by atoms with Crippen molar-refractivity contribution in [2.45, 2.75) is 44.2 Å². The molecule has 0 spiro atoms. The molecule has 1 amide bonds. The number of rotatable bonds is 6. The van der Waals surface area contributed by atoms with E-state index in [0.29, 0.717) is 25.5 Å². The third-order valence-corrected chi connectivity index (χ3v) is 5.37. The molecule has 1 aromatic carbocycles. The van der Waals surface area contributed by atoms with Gasteiger partial charge < -0.3 is 16.0 Å². The van der Waals surface area contributed by atoms with Crippen LogP contribution in [0.2, 0.25) is 0 Å². The third kappa shape index (κ3) is 6.50. The summed E-state index contributed by atoms with van der Waals surface area (Å²) in [5, 5.41) is 9.41. The quantitative estimate of drug-likeness (QED) is 0.305. The first-order valence-corrected chi connectivity index (χ1v) is 9.96. The first-order chi connectivity index (χ1) is 13.5. The van der Waals surface area contributed by atoms with Crippen LogP contribution in [-0.2, 0) is 4.79 Å². The summed E-state index contributed by atoms with van der Waals surface area (Å²) in [5.74, 6) is -0.420. The van der Waals surface area contributed by atoms with Crippen LogP contribution >= 0.6 is 24.0 Å². The zero-order valence-electron chi connectivity index (χ0n) is 16.9. The smallest absolute Gasteiger partial charge is 0.233 e. The molecule has 1 saturated carbocycles. The first-order valence-electron chi connectivity index (χ1n) is 9.96. The number of nitrogens with zero attached hydrogens (tertiary/aromatic N) is 2. The predicted molar refractivity (Wildman–Crippen MR) is 121 cm³/mol. The lowest BCUT2D eigenvalue weighted by Gasteiger charge is -2.32. The summed E-state index contributed by atoms with van der Waals surface area (Å²) in [6, 6.07) is 4.25. The van der Waals surface area contributed by atoms with Crippen molar-refractivity contribution in [2.75, 3.05) is 33.2 Å². The lowest BCUT2D eigenvalue weighted by atomic mass is 10.1. The van der Waals surface area contributed by atoms with Crippen LogP contribution < -0.4 is 16.0 Å². The second-order valence-electron chi connectivity index (χ2n) is 7.42. The van der Waals surface area contributed by atoms with E-state index in [1.54, 1.807) is 7.05 Å². The average molecular weight is 521 g/mol. The van der Waals surface area contributed by atoms with E-state index in [1.807, 2.05) is 6.92 Å². The number of likely N-dealkylation sites (tertiary alicyclic amines) is 1. The molecule has 162 valence electrons. The van der Waals surface area contributed by atoms with Gasteiger partial charge in [0.2, 0.25) is 5.91 Å². The average Bonchev–Trinajstić information content (AvgIpc) is 3.41. The van der Waals surface area contributed by atoms with E-state index < -0.39 is 11.6 Å². The Morgan fingerprint density at radius 2 is 1.86 bits per heavy atom. The van der Waals surface area contributed by atoms with Gasteiger partial charge in [0.1, 0.15) is 11.6 Å². The highest BCUT2D eigenvalue weighted by Crippen LogP contribution is 2.43. The monoisotopic (exact) mass is 521 g/mol.